The van der Waals surface area contributed by atoms with Crippen molar-refractivity contribution in [3.63, 3.8) is 0 Å². The summed E-state index contributed by atoms with van der Waals surface area (Å²) >= 11 is 0. The van der Waals surface area contributed by atoms with E-state index in [9.17, 15) is 19.8 Å². The maximum atomic E-state index is 13.5. The lowest BCUT2D eigenvalue weighted by Gasteiger charge is -2.61. The van der Waals surface area contributed by atoms with Crippen LogP contribution in [0.5, 0.6) is 0 Å². The Balaban J connectivity index is 1.63. The van der Waals surface area contributed by atoms with Crippen LogP contribution in [-0.2, 0) is 23.8 Å². The number of carbonyl (C=O) groups excluding carboxylic acids is 2. The number of esters is 2. The highest BCUT2D eigenvalue weighted by Gasteiger charge is 2.80. The number of cyclic esters (lactones) is 1. The number of hydrogen-bond donors (Lipinski definition) is 2. The van der Waals surface area contributed by atoms with Crippen molar-refractivity contribution in [2.75, 3.05) is 13.2 Å². The average Bonchev–Trinajstić information content (AvgIpc) is 3.16. The third-order valence-corrected chi connectivity index (χ3v) is 8.41. The Morgan fingerprint density at radius 2 is 2.13 bits per heavy atom. The van der Waals surface area contributed by atoms with E-state index in [1.165, 1.54) is 6.92 Å². The Bertz CT molecular complexity index is 845. The standard InChI is InChI=1S/C22H28O8/c1-12-7-18(29-13(2)24)21(10-23)16(3-4-17(25)22(21)11-28-22)20(12)8-15(30-19(20)26)14-5-6-27-9-14/h5-6,9,12,15-18,23,25H,3-4,7-8,10-11H2,1-2H3/t12-,15+,16-,17+,18-,20-,21+,22-/m1/s1. The second-order valence-electron chi connectivity index (χ2n) is 9.45. The minimum Gasteiger partial charge on any atom is -0.472 e. The van der Waals surface area contributed by atoms with Gasteiger partial charge in [0.15, 0.2) is 0 Å². The van der Waals surface area contributed by atoms with Crippen LogP contribution >= 0.6 is 0 Å². The van der Waals surface area contributed by atoms with Gasteiger partial charge in [-0.15, -0.1) is 0 Å². The second kappa shape index (κ2) is 6.55. The molecule has 8 heteroatoms. The molecule has 2 saturated heterocycles. The minimum absolute atomic E-state index is 0.137. The van der Waals surface area contributed by atoms with E-state index in [-0.39, 0.29) is 31.0 Å². The normalized spacial score (nSPS) is 47.2. The van der Waals surface area contributed by atoms with Crippen molar-refractivity contribution in [1.29, 1.82) is 0 Å². The van der Waals surface area contributed by atoms with Crippen LogP contribution in [0, 0.1) is 22.7 Å². The predicted octanol–water partition coefficient (Wildman–Crippen LogP) is 1.74. The summed E-state index contributed by atoms with van der Waals surface area (Å²) in [5, 5.41) is 21.6. The van der Waals surface area contributed by atoms with Crippen molar-refractivity contribution in [2.45, 2.75) is 63.4 Å². The number of ether oxygens (including phenoxy) is 3. The van der Waals surface area contributed by atoms with E-state index in [0.29, 0.717) is 25.7 Å². The van der Waals surface area contributed by atoms with Crippen molar-refractivity contribution in [3.8, 4) is 0 Å². The van der Waals surface area contributed by atoms with Gasteiger partial charge in [-0.25, -0.2) is 0 Å². The molecule has 4 aliphatic rings. The number of hydrogen-bond acceptors (Lipinski definition) is 8. The van der Waals surface area contributed by atoms with Crippen molar-refractivity contribution >= 4 is 11.9 Å². The molecule has 3 heterocycles. The molecule has 8 atom stereocenters. The zero-order chi connectivity index (χ0) is 21.3. The lowest BCUT2D eigenvalue weighted by molar-refractivity contribution is -0.241. The van der Waals surface area contributed by atoms with Gasteiger partial charge in [0, 0.05) is 18.9 Å². The molecule has 2 N–H and O–H groups in total. The van der Waals surface area contributed by atoms with Crippen molar-refractivity contribution < 1.29 is 38.4 Å². The molecule has 8 nitrogen and oxygen atoms in total. The van der Waals surface area contributed by atoms with E-state index < -0.39 is 40.7 Å². The van der Waals surface area contributed by atoms with Crippen LogP contribution in [0.15, 0.2) is 23.0 Å². The minimum atomic E-state index is -1.06. The molecule has 0 unspecified atom stereocenters. The summed E-state index contributed by atoms with van der Waals surface area (Å²) in [5.41, 5.74) is -2.13. The van der Waals surface area contributed by atoms with Gasteiger partial charge in [0.1, 0.15) is 17.8 Å². The summed E-state index contributed by atoms with van der Waals surface area (Å²) in [6, 6.07) is 1.79. The first kappa shape index (κ1) is 20.0. The number of furan rings is 1. The van der Waals surface area contributed by atoms with Gasteiger partial charge in [0.05, 0.1) is 42.7 Å². The van der Waals surface area contributed by atoms with Gasteiger partial charge in [-0.1, -0.05) is 6.92 Å². The van der Waals surface area contributed by atoms with E-state index in [0.717, 1.165) is 5.56 Å². The van der Waals surface area contributed by atoms with Gasteiger partial charge in [-0.3, -0.25) is 9.59 Å². The van der Waals surface area contributed by atoms with Gasteiger partial charge in [0.2, 0.25) is 0 Å². The maximum absolute atomic E-state index is 13.5. The van der Waals surface area contributed by atoms with Crippen molar-refractivity contribution in [2.24, 2.45) is 22.7 Å². The smallest absolute Gasteiger partial charge is 0.313 e. The highest BCUT2D eigenvalue weighted by Crippen LogP contribution is 2.71. The van der Waals surface area contributed by atoms with E-state index in [1.807, 2.05) is 6.92 Å². The molecule has 30 heavy (non-hydrogen) atoms. The molecule has 1 aromatic rings. The fourth-order valence-corrected chi connectivity index (χ4v) is 6.96. The number of epoxide rings is 1. The Hall–Kier alpha value is -1.90. The van der Waals surface area contributed by atoms with Crippen LogP contribution in [0.2, 0.25) is 0 Å². The summed E-state index contributed by atoms with van der Waals surface area (Å²) in [6.45, 7) is 3.26. The third-order valence-electron chi connectivity index (χ3n) is 8.41. The van der Waals surface area contributed by atoms with E-state index in [4.69, 9.17) is 18.6 Å². The van der Waals surface area contributed by atoms with Crippen LogP contribution < -0.4 is 0 Å². The molecule has 0 bridgehead atoms. The van der Waals surface area contributed by atoms with Gasteiger partial charge < -0.3 is 28.8 Å². The number of aliphatic hydroxyl groups is 2. The molecular formula is C22H28O8. The molecule has 2 aliphatic carbocycles. The fourth-order valence-electron chi connectivity index (χ4n) is 6.96. The van der Waals surface area contributed by atoms with Crippen LogP contribution in [0.1, 0.15) is 51.2 Å². The molecule has 0 radical (unpaired) electrons. The summed E-state index contributed by atoms with van der Waals surface area (Å²) in [7, 11) is 0. The van der Waals surface area contributed by atoms with E-state index in [2.05, 4.69) is 0 Å². The summed E-state index contributed by atoms with van der Waals surface area (Å²) < 4.78 is 22.6. The first-order valence-electron chi connectivity index (χ1n) is 10.6. The lowest BCUT2D eigenvalue weighted by Crippen LogP contribution is -2.71. The number of carbonyl (C=O) groups is 2. The Morgan fingerprint density at radius 1 is 1.37 bits per heavy atom. The molecule has 4 fully saturated rings. The van der Waals surface area contributed by atoms with Crippen LogP contribution in [0.25, 0.3) is 0 Å². The summed E-state index contributed by atoms with van der Waals surface area (Å²) in [5.74, 6) is -1.23. The molecule has 1 aromatic heterocycles. The third kappa shape index (κ3) is 2.32. The zero-order valence-corrected chi connectivity index (χ0v) is 17.2. The highest BCUT2D eigenvalue weighted by molar-refractivity contribution is 5.81. The maximum Gasteiger partial charge on any atom is 0.313 e. The monoisotopic (exact) mass is 420 g/mol. The van der Waals surface area contributed by atoms with Gasteiger partial charge in [-0.05, 0) is 37.2 Å². The molecular weight excluding hydrogens is 392 g/mol. The van der Waals surface area contributed by atoms with E-state index in [1.54, 1.807) is 18.6 Å². The molecule has 164 valence electrons. The SMILES string of the molecule is CC(=O)O[C@@H]1C[C@@H](C)[C@]2(C[C@@H](c3ccoc3)OC2=O)[C@H]2CC[C@H](O)[C@]3(CO3)[C@@]21CO. The van der Waals surface area contributed by atoms with Crippen LogP contribution in [0.3, 0.4) is 0 Å². The Labute approximate surface area is 174 Å². The molecule has 5 rings (SSSR count). The first-order chi connectivity index (χ1) is 14.3. The highest BCUT2D eigenvalue weighted by atomic mass is 16.6. The van der Waals surface area contributed by atoms with Crippen molar-refractivity contribution in [3.05, 3.63) is 24.2 Å². The molecule has 0 amide bonds. The fraction of sp³-hybridized carbons (Fsp3) is 0.727. The molecule has 0 aromatic carbocycles. The molecule has 2 spiro atoms. The summed E-state index contributed by atoms with van der Waals surface area (Å²) in [6.07, 6.45) is 3.09. The predicted molar refractivity (Wildman–Crippen MR) is 101 cm³/mol. The number of rotatable bonds is 3. The second-order valence-corrected chi connectivity index (χ2v) is 9.45. The molecule has 2 saturated carbocycles. The Morgan fingerprint density at radius 3 is 2.73 bits per heavy atom. The zero-order valence-electron chi connectivity index (χ0n) is 17.2. The lowest BCUT2D eigenvalue weighted by atomic mass is 9.42. The largest absolute Gasteiger partial charge is 0.472 e. The van der Waals surface area contributed by atoms with Gasteiger partial charge >= 0.3 is 11.9 Å². The van der Waals surface area contributed by atoms with Crippen LogP contribution in [0.4, 0.5) is 0 Å². The van der Waals surface area contributed by atoms with E-state index >= 15 is 0 Å². The van der Waals surface area contributed by atoms with Gasteiger partial charge in [0.25, 0.3) is 0 Å². The molecule has 2 aliphatic heterocycles. The quantitative estimate of drug-likeness (QED) is 0.561. The van der Waals surface area contributed by atoms with Crippen molar-refractivity contribution in [1.82, 2.24) is 0 Å². The topological polar surface area (TPSA) is 119 Å². The summed E-state index contributed by atoms with van der Waals surface area (Å²) in [4.78, 5) is 25.4. The average molecular weight is 420 g/mol. The van der Waals surface area contributed by atoms with Crippen LogP contribution in [-0.4, -0.2) is 53.2 Å². The Kier molecular flexibility index (Phi) is 4.37. The van der Waals surface area contributed by atoms with Gasteiger partial charge in [-0.2, -0.15) is 0 Å². The number of fused-ring (bicyclic) bond motifs is 3. The number of aliphatic hydroxyl groups excluding tert-OH is 2. The first-order valence-corrected chi connectivity index (χ1v) is 10.6.